The number of aliphatic hydroxyl groups is 1. The van der Waals surface area contributed by atoms with E-state index in [2.05, 4.69) is 15.4 Å². The van der Waals surface area contributed by atoms with Crippen LogP contribution in [-0.2, 0) is 40.4 Å². The third kappa shape index (κ3) is 10.3. The predicted octanol–water partition coefficient (Wildman–Crippen LogP) is 4.42. The summed E-state index contributed by atoms with van der Waals surface area (Å²) in [7, 11) is -3.62. The van der Waals surface area contributed by atoms with Crippen LogP contribution in [0.15, 0.2) is 60.7 Å². The van der Waals surface area contributed by atoms with E-state index in [1.807, 2.05) is 26.0 Å². The number of anilines is 1. The number of nitrogens with one attached hydrogen (secondary N) is 3. The zero-order chi connectivity index (χ0) is 31.3. The number of amides is 1. The van der Waals surface area contributed by atoms with Gasteiger partial charge in [-0.05, 0) is 72.9 Å². The largest absolute Gasteiger partial charge is 0.506 e. The first kappa shape index (κ1) is 32.8. The summed E-state index contributed by atoms with van der Waals surface area (Å²) in [5.41, 5.74) is 0.404. The van der Waals surface area contributed by atoms with Crippen molar-refractivity contribution in [1.82, 2.24) is 10.6 Å². The summed E-state index contributed by atoms with van der Waals surface area (Å²) >= 11 is 0. The van der Waals surface area contributed by atoms with E-state index >= 15 is 0 Å². The molecule has 0 saturated carbocycles. The van der Waals surface area contributed by atoms with Gasteiger partial charge in [0.1, 0.15) is 11.6 Å². The number of aliphatic hydroxyl groups excluding tert-OH is 1. The van der Waals surface area contributed by atoms with Crippen molar-refractivity contribution in [3.63, 3.8) is 0 Å². The van der Waals surface area contributed by atoms with Crippen LogP contribution in [0, 0.1) is 5.82 Å². The Labute approximate surface area is 241 Å². The van der Waals surface area contributed by atoms with Gasteiger partial charge in [-0.1, -0.05) is 30.3 Å². The molecular formula is C29H33F4N3O5S. The van der Waals surface area contributed by atoms with Crippen LogP contribution in [-0.4, -0.2) is 42.9 Å². The van der Waals surface area contributed by atoms with Crippen molar-refractivity contribution in [3.05, 3.63) is 94.3 Å². The van der Waals surface area contributed by atoms with Crippen LogP contribution in [0.3, 0.4) is 0 Å². The van der Waals surface area contributed by atoms with Crippen LogP contribution in [0.5, 0.6) is 5.75 Å². The van der Waals surface area contributed by atoms with Crippen LogP contribution >= 0.6 is 0 Å². The van der Waals surface area contributed by atoms with Gasteiger partial charge in [-0.3, -0.25) is 9.52 Å². The molecule has 0 unspecified atom stereocenters. The van der Waals surface area contributed by atoms with E-state index in [4.69, 9.17) is 0 Å². The van der Waals surface area contributed by atoms with Crippen molar-refractivity contribution in [1.29, 1.82) is 0 Å². The Hall–Kier alpha value is -3.68. The zero-order valence-electron chi connectivity index (χ0n) is 23.2. The van der Waals surface area contributed by atoms with Gasteiger partial charge < -0.3 is 20.8 Å². The van der Waals surface area contributed by atoms with Gasteiger partial charge in [0.05, 0.1) is 30.0 Å². The summed E-state index contributed by atoms with van der Waals surface area (Å²) in [6.45, 7) is 3.77. The Morgan fingerprint density at radius 1 is 0.952 bits per heavy atom. The molecule has 1 amide bonds. The topological polar surface area (TPSA) is 128 Å². The SMILES string of the molecule is CC(C)(Cc1ccc(CC(=O)NCc2cc(F)cc(C(F)(F)F)c2)cc1)NC[C@@H](O)c1ccc(O)c(NS(C)(=O)=O)c1. The first-order valence-corrected chi connectivity index (χ1v) is 14.7. The predicted molar refractivity (Wildman–Crippen MR) is 151 cm³/mol. The minimum Gasteiger partial charge on any atom is -0.506 e. The minimum atomic E-state index is -4.69. The van der Waals surface area contributed by atoms with Gasteiger partial charge in [0.2, 0.25) is 15.9 Å². The maximum absolute atomic E-state index is 13.6. The molecule has 5 N–H and O–H groups in total. The Bertz CT molecular complexity index is 1510. The van der Waals surface area contributed by atoms with Crippen LogP contribution < -0.4 is 15.4 Å². The molecule has 42 heavy (non-hydrogen) atoms. The third-order valence-corrected chi connectivity index (χ3v) is 6.87. The molecule has 0 aliphatic carbocycles. The number of phenols is 1. The lowest BCUT2D eigenvalue weighted by atomic mass is 9.93. The lowest BCUT2D eigenvalue weighted by Gasteiger charge is -2.28. The smallest absolute Gasteiger partial charge is 0.416 e. The van der Waals surface area contributed by atoms with Crippen molar-refractivity contribution < 1.29 is 41.0 Å². The van der Waals surface area contributed by atoms with Gasteiger partial charge in [-0.2, -0.15) is 13.2 Å². The molecule has 0 aromatic heterocycles. The molecule has 3 rings (SSSR count). The Balaban J connectivity index is 1.52. The normalized spacial score (nSPS) is 13.0. The zero-order valence-corrected chi connectivity index (χ0v) is 24.0. The number of alkyl halides is 3. The van der Waals surface area contributed by atoms with Gasteiger partial charge in [0.15, 0.2) is 0 Å². The molecule has 0 bridgehead atoms. The highest BCUT2D eigenvalue weighted by atomic mass is 32.2. The molecule has 0 saturated heterocycles. The molecule has 0 radical (unpaired) electrons. The number of phenolic OH excluding ortho intramolecular Hbond substituents is 1. The van der Waals surface area contributed by atoms with Crippen molar-refractivity contribution in [2.24, 2.45) is 0 Å². The van der Waals surface area contributed by atoms with Crippen molar-refractivity contribution in [3.8, 4) is 5.75 Å². The fraction of sp³-hybridized carbons (Fsp3) is 0.345. The number of halogens is 4. The average molecular weight is 612 g/mol. The standard InChI is InChI=1S/C29H33F4N3O5S/c1-28(2,35-17-26(38)21-8-9-25(37)24(13-21)36-42(3,40)41)15-19-6-4-18(5-7-19)12-27(39)34-16-20-10-22(29(31,32)33)14-23(30)11-20/h4-11,13-14,26,35-38H,12,15-17H2,1-3H3,(H,34,39)/t26-/m1/s1. The molecule has 13 heteroatoms. The molecule has 3 aromatic carbocycles. The average Bonchev–Trinajstić information content (AvgIpc) is 2.87. The summed E-state index contributed by atoms with van der Waals surface area (Å²) < 4.78 is 77.5. The second-order valence-electron chi connectivity index (χ2n) is 10.7. The summed E-state index contributed by atoms with van der Waals surface area (Å²) in [6, 6.07) is 13.5. The molecule has 3 aromatic rings. The molecule has 0 heterocycles. The van der Waals surface area contributed by atoms with E-state index in [1.165, 1.54) is 18.2 Å². The summed E-state index contributed by atoms with van der Waals surface area (Å²) in [4.78, 5) is 12.3. The van der Waals surface area contributed by atoms with E-state index < -0.39 is 45.1 Å². The van der Waals surface area contributed by atoms with Crippen molar-refractivity contribution in [2.75, 3.05) is 17.5 Å². The van der Waals surface area contributed by atoms with Gasteiger partial charge in [-0.15, -0.1) is 0 Å². The Morgan fingerprint density at radius 2 is 1.60 bits per heavy atom. The third-order valence-electron chi connectivity index (χ3n) is 6.28. The second-order valence-corrected chi connectivity index (χ2v) is 12.5. The molecule has 8 nitrogen and oxygen atoms in total. The van der Waals surface area contributed by atoms with E-state index in [-0.39, 0.29) is 36.5 Å². The molecule has 1 atom stereocenters. The first-order chi connectivity index (χ1) is 19.4. The number of carbonyl (C=O) groups excluding carboxylic acids is 1. The maximum atomic E-state index is 13.6. The van der Waals surface area contributed by atoms with Gasteiger partial charge in [0.25, 0.3) is 0 Å². The van der Waals surface area contributed by atoms with Gasteiger partial charge in [0, 0.05) is 18.6 Å². The van der Waals surface area contributed by atoms with Crippen LogP contribution in [0.4, 0.5) is 23.2 Å². The number of β-amino-alcohol motifs (C(OH)–C–C–N with tert-alkyl or cyclic N) is 1. The van der Waals surface area contributed by atoms with Crippen molar-refractivity contribution in [2.45, 2.75) is 51.1 Å². The van der Waals surface area contributed by atoms with Crippen LogP contribution in [0.25, 0.3) is 0 Å². The highest BCUT2D eigenvalue weighted by molar-refractivity contribution is 7.92. The second kappa shape index (κ2) is 13.1. The Kier molecular flexibility index (Phi) is 10.2. The van der Waals surface area contributed by atoms with Gasteiger partial charge >= 0.3 is 6.18 Å². The summed E-state index contributed by atoms with van der Waals surface area (Å²) in [6.07, 6.45) is -4.18. The van der Waals surface area contributed by atoms with E-state index in [0.717, 1.165) is 24.0 Å². The number of carbonyl (C=O) groups is 1. The quantitative estimate of drug-likeness (QED) is 0.152. The Morgan fingerprint density at radius 3 is 2.21 bits per heavy atom. The molecule has 0 aliphatic rings. The molecule has 0 fully saturated rings. The molecule has 228 valence electrons. The molecule has 0 spiro atoms. The number of aromatic hydroxyl groups is 1. The fourth-order valence-electron chi connectivity index (χ4n) is 4.25. The summed E-state index contributed by atoms with van der Waals surface area (Å²) in [5.74, 6) is -1.73. The lowest BCUT2D eigenvalue weighted by Crippen LogP contribution is -2.43. The number of rotatable bonds is 12. The number of hydrogen-bond acceptors (Lipinski definition) is 6. The number of sulfonamides is 1. The number of benzene rings is 3. The highest BCUT2D eigenvalue weighted by Gasteiger charge is 2.31. The van der Waals surface area contributed by atoms with Crippen molar-refractivity contribution >= 4 is 21.6 Å². The number of hydrogen-bond donors (Lipinski definition) is 5. The van der Waals surface area contributed by atoms with E-state index in [0.29, 0.717) is 23.6 Å². The lowest BCUT2D eigenvalue weighted by molar-refractivity contribution is -0.137. The van der Waals surface area contributed by atoms with Gasteiger partial charge in [-0.25, -0.2) is 12.8 Å². The van der Waals surface area contributed by atoms with Crippen LogP contribution in [0.2, 0.25) is 0 Å². The van der Waals surface area contributed by atoms with E-state index in [1.54, 1.807) is 12.1 Å². The monoisotopic (exact) mass is 611 g/mol. The van der Waals surface area contributed by atoms with E-state index in [9.17, 15) is 41.0 Å². The molecular weight excluding hydrogens is 578 g/mol. The first-order valence-electron chi connectivity index (χ1n) is 12.9. The fourth-order valence-corrected chi connectivity index (χ4v) is 4.81. The maximum Gasteiger partial charge on any atom is 0.416 e. The van der Waals surface area contributed by atoms with Crippen LogP contribution in [0.1, 0.15) is 47.8 Å². The minimum absolute atomic E-state index is 0.00213. The molecule has 0 aliphatic heterocycles. The highest BCUT2D eigenvalue weighted by Crippen LogP contribution is 2.31. The summed E-state index contributed by atoms with van der Waals surface area (Å²) in [5, 5.41) is 26.3.